The number of hydrogen-bond acceptors (Lipinski definition) is 1. The first kappa shape index (κ1) is 12.4. The molecule has 100 valence electrons. The number of fused-ring (bicyclic) bond motifs is 1. The first-order valence-electron chi connectivity index (χ1n) is 6.22. The zero-order chi connectivity index (χ0) is 14.1. The highest BCUT2D eigenvalue weighted by atomic mass is 19.1. The van der Waals surface area contributed by atoms with Gasteiger partial charge in [0.05, 0.1) is 6.42 Å². The predicted molar refractivity (Wildman–Crippen MR) is 75.0 cm³/mol. The average Bonchev–Trinajstić information content (AvgIpc) is 2.77. The third-order valence-corrected chi connectivity index (χ3v) is 3.24. The lowest BCUT2D eigenvalue weighted by Gasteiger charge is -2.03. The molecule has 3 nitrogen and oxygen atoms in total. The molecule has 0 saturated carbocycles. The molecule has 20 heavy (non-hydrogen) atoms. The number of benzene rings is 2. The van der Waals surface area contributed by atoms with Crippen LogP contribution in [0.4, 0.5) is 4.39 Å². The molecule has 0 aliphatic rings. The number of carbonyl (C=O) groups is 1. The van der Waals surface area contributed by atoms with Crippen molar-refractivity contribution in [2.75, 3.05) is 0 Å². The van der Waals surface area contributed by atoms with E-state index >= 15 is 0 Å². The Morgan fingerprint density at radius 3 is 2.50 bits per heavy atom. The van der Waals surface area contributed by atoms with Gasteiger partial charge in [-0.1, -0.05) is 30.3 Å². The lowest BCUT2D eigenvalue weighted by atomic mass is 10.0. The number of nitrogens with one attached hydrogen (secondary N) is 1. The summed E-state index contributed by atoms with van der Waals surface area (Å²) in [5.41, 5.74) is 3.14. The molecule has 0 fully saturated rings. The summed E-state index contributed by atoms with van der Waals surface area (Å²) in [6.45, 7) is 0. The molecule has 1 aromatic heterocycles. The third kappa shape index (κ3) is 2.16. The summed E-state index contributed by atoms with van der Waals surface area (Å²) < 4.78 is 13.1. The summed E-state index contributed by atoms with van der Waals surface area (Å²) in [4.78, 5) is 14.1. The van der Waals surface area contributed by atoms with Crippen LogP contribution >= 0.6 is 0 Å². The fourth-order valence-corrected chi connectivity index (χ4v) is 2.43. The van der Waals surface area contributed by atoms with Gasteiger partial charge >= 0.3 is 5.97 Å². The molecule has 0 spiro atoms. The van der Waals surface area contributed by atoms with Crippen molar-refractivity contribution in [1.29, 1.82) is 0 Å². The predicted octanol–water partition coefficient (Wildman–Crippen LogP) is 3.60. The van der Waals surface area contributed by atoms with E-state index < -0.39 is 5.97 Å². The molecule has 0 bridgehead atoms. The second kappa shape index (κ2) is 4.81. The van der Waals surface area contributed by atoms with Crippen LogP contribution in [0.3, 0.4) is 0 Å². The minimum atomic E-state index is -0.903. The number of halogens is 1. The van der Waals surface area contributed by atoms with Gasteiger partial charge in [-0.3, -0.25) is 4.79 Å². The molecule has 0 aliphatic carbocycles. The van der Waals surface area contributed by atoms with E-state index in [1.807, 2.05) is 24.3 Å². The van der Waals surface area contributed by atoms with E-state index in [0.29, 0.717) is 5.69 Å². The first-order chi connectivity index (χ1) is 9.65. The van der Waals surface area contributed by atoms with Gasteiger partial charge in [-0.2, -0.15) is 0 Å². The Balaban J connectivity index is 2.25. The second-order valence-corrected chi connectivity index (χ2v) is 4.60. The van der Waals surface area contributed by atoms with Crippen LogP contribution in [-0.4, -0.2) is 16.1 Å². The van der Waals surface area contributed by atoms with Crippen molar-refractivity contribution in [2.24, 2.45) is 0 Å². The Kier molecular flexibility index (Phi) is 2.99. The normalized spacial score (nSPS) is 10.8. The van der Waals surface area contributed by atoms with Gasteiger partial charge in [0.15, 0.2) is 0 Å². The number of H-pyrrole nitrogens is 1. The number of carboxylic acid groups (broad SMARTS) is 1. The number of carboxylic acids is 1. The zero-order valence-electron chi connectivity index (χ0n) is 10.6. The van der Waals surface area contributed by atoms with Crippen molar-refractivity contribution in [3.8, 4) is 11.1 Å². The van der Waals surface area contributed by atoms with E-state index in [0.717, 1.165) is 22.0 Å². The maximum absolute atomic E-state index is 13.1. The monoisotopic (exact) mass is 269 g/mol. The minimum Gasteiger partial charge on any atom is -0.481 e. The molecule has 0 amide bonds. The molecule has 0 atom stereocenters. The number of aromatic amines is 1. The van der Waals surface area contributed by atoms with Crippen LogP contribution in [-0.2, 0) is 11.2 Å². The summed E-state index contributed by atoms with van der Waals surface area (Å²) >= 11 is 0. The molecule has 1 heterocycles. The number of para-hydroxylation sites is 1. The van der Waals surface area contributed by atoms with Gasteiger partial charge in [-0.25, -0.2) is 4.39 Å². The van der Waals surface area contributed by atoms with Crippen LogP contribution in [0.1, 0.15) is 5.69 Å². The third-order valence-electron chi connectivity index (χ3n) is 3.24. The zero-order valence-corrected chi connectivity index (χ0v) is 10.6. The van der Waals surface area contributed by atoms with Gasteiger partial charge in [0.1, 0.15) is 5.82 Å². The van der Waals surface area contributed by atoms with Crippen LogP contribution in [0.25, 0.3) is 22.0 Å². The Bertz CT molecular complexity index is 775. The highest BCUT2D eigenvalue weighted by Crippen LogP contribution is 2.32. The van der Waals surface area contributed by atoms with Crippen molar-refractivity contribution < 1.29 is 14.3 Å². The summed E-state index contributed by atoms with van der Waals surface area (Å²) in [6.07, 6.45) is -0.0958. The van der Waals surface area contributed by atoms with Crippen LogP contribution in [0.2, 0.25) is 0 Å². The fourth-order valence-electron chi connectivity index (χ4n) is 2.43. The van der Waals surface area contributed by atoms with E-state index in [1.165, 1.54) is 12.1 Å². The van der Waals surface area contributed by atoms with Gasteiger partial charge in [-0.15, -0.1) is 0 Å². The lowest BCUT2D eigenvalue weighted by molar-refractivity contribution is -0.136. The van der Waals surface area contributed by atoms with Crippen molar-refractivity contribution in [2.45, 2.75) is 6.42 Å². The Hall–Kier alpha value is -2.62. The SMILES string of the molecule is O=C(O)Cc1[nH]c2ccccc2c1-c1ccc(F)cc1. The largest absolute Gasteiger partial charge is 0.481 e. The topological polar surface area (TPSA) is 53.1 Å². The van der Waals surface area contributed by atoms with E-state index in [2.05, 4.69) is 4.98 Å². The quantitative estimate of drug-likeness (QED) is 0.763. The highest BCUT2D eigenvalue weighted by molar-refractivity contribution is 5.98. The van der Waals surface area contributed by atoms with Gasteiger partial charge < -0.3 is 10.1 Å². The maximum atomic E-state index is 13.1. The van der Waals surface area contributed by atoms with Crippen LogP contribution < -0.4 is 0 Å². The van der Waals surface area contributed by atoms with E-state index in [4.69, 9.17) is 5.11 Å². The van der Waals surface area contributed by atoms with E-state index in [9.17, 15) is 9.18 Å². The summed E-state index contributed by atoms with van der Waals surface area (Å²) in [5.74, 6) is -1.21. The van der Waals surface area contributed by atoms with E-state index in [1.54, 1.807) is 12.1 Å². The van der Waals surface area contributed by atoms with Crippen molar-refractivity contribution in [3.05, 3.63) is 60.0 Å². The second-order valence-electron chi connectivity index (χ2n) is 4.60. The standard InChI is InChI=1S/C16H12FNO2/c17-11-7-5-10(6-8-11)16-12-3-1-2-4-13(12)18-14(16)9-15(19)20/h1-8,18H,9H2,(H,19,20). The molecule has 2 aromatic carbocycles. The molecule has 0 aliphatic heterocycles. The first-order valence-corrected chi connectivity index (χ1v) is 6.22. The Labute approximate surface area is 114 Å². The Morgan fingerprint density at radius 2 is 1.80 bits per heavy atom. The smallest absolute Gasteiger partial charge is 0.309 e. The molecule has 2 N–H and O–H groups in total. The van der Waals surface area contributed by atoms with Crippen LogP contribution in [0.5, 0.6) is 0 Å². The molecule has 0 saturated heterocycles. The summed E-state index contributed by atoms with van der Waals surface area (Å²) in [5, 5.41) is 9.97. The van der Waals surface area contributed by atoms with Crippen LogP contribution in [0.15, 0.2) is 48.5 Å². The molecular formula is C16H12FNO2. The highest BCUT2D eigenvalue weighted by Gasteiger charge is 2.15. The molecule has 0 unspecified atom stereocenters. The van der Waals surface area contributed by atoms with Crippen molar-refractivity contribution in [1.82, 2.24) is 4.98 Å². The fraction of sp³-hybridized carbons (Fsp3) is 0.0625. The number of aliphatic carboxylic acids is 1. The molecular weight excluding hydrogens is 257 g/mol. The average molecular weight is 269 g/mol. The molecule has 0 radical (unpaired) electrons. The molecule has 3 rings (SSSR count). The Morgan fingerprint density at radius 1 is 1.10 bits per heavy atom. The maximum Gasteiger partial charge on any atom is 0.309 e. The number of hydrogen-bond donors (Lipinski definition) is 2. The van der Waals surface area contributed by atoms with Gasteiger partial charge in [0.25, 0.3) is 0 Å². The van der Waals surface area contributed by atoms with Crippen LogP contribution in [0, 0.1) is 5.82 Å². The minimum absolute atomic E-state index is 0.0958. The van der Waals surface area contributed by atoms with Crippen molar-refractivity contribution >= 4 is 16.9 Å². The molecule has 4 heteroatoms. The van der Waals surface area contributed by atoms with E-state index in [-0.39, 0.29) is 12.2 Å². The molecule has 3 aromatic rings. The van der Waals surface area contributed by atoms with Gasteiger partial charge in [-0.05, 0) is 23.8 Å². The lowest BCUT2D eigenvalue weighted by Crippen LogP contribution is -2.01. The summed E-state index contributed by atoms with van der Waals surface area (Å²) in [7, 11) is 0. The number of aromatic nitrogens is 1. The summed E-state index contributed by atoms with van der Waals surface area (Å²) in [6, 6.07) is 13.7. The number of rotatable bonds is 3. The van der Waals surface area contributed by atoms with Gasteiger partial charge in [0.2, 0.25) is 0 Å². The van der Waals surface area contributed by atoms with Crippen molar-refractivity contribution in [3.63, 3.8) is 0 Å². The van der Waals surface area contributed by atoms with Gasteiger partial charge in [0, 0.05) is 22.2 Å².